The zero-order valence-corrected chi connectivity index (χ0v) is 12.5. The van der Waals surface area contributed by atoms with Crippen molar-refractivity contribution >= 4 is 17.6 Å². The quantitative estimate of drug-likeness (QED) is 0.771. The molecule has 0 unspecified atom stereocenters. The number of rotatable bonds is 5. The molecule has 0 bridgehead atoms. The molecule has 0 fully saturated rings. The van der Waals surface area contributed by atoms with Gasteiger partial charge in [-0.25, -0.2) is 4.79 Å². The van der Waals surface area contributed by atoms with Crippen LogP contribution in [-0.2, 0) is 11.2 Å². The number of benzene rings is 1. The molecule has 5 nitrogen and oxygen atoms in total. The Labute approximate surface area is 120 Å². The Bertz CT molecular complexity index is 455. The second kappa shape index (κ2) is 7.53. The largest absolute Gasteiger partial charge is 0.359 e. The van der Waals surface area contributed by atoms with Crippen LogP contribution in [0.25, 0.3) is 0 Å². The molecule has 5 heteroatoms. The maximum Gasteiger partial charge on any atom is 0.319 e. The van der Waals surface area contributed by atoms with Crippen molar-refractivity contribution in [2.75, 3.05) is 12.4 Å². The Kier molecular flexibility index (Phi) is 6.03. The predicted molar refractivity (Wildman–Crippen MR) is 80.7 cm³/mol. The van der Waals surface area contributed by atoms with Crippen molar-refractivity contribution in [1.29, 1.82) is 0 Å². The lowest BCUT2D eigenvalue weighted by molar-refractivity contribution is -0.119. The summed E-state index contributed by atoms with van der Waals surface area (Å²) >= 11 is 0. The van der Waals surface area contributed by atoms with Crippen LogP contribution in [0.4, 0.5) is 10.5 Å². The average molecular weight is 277 g/mol. The lowest BCUT2D eigenvalue weighted by Gasteiger charge is -2.17. The van der Waals surface area contributed by atoms with Crippen LogP contribution in [0.2, 0.25) is 0 Å². The van der Waals surface area contributed by atoms with Crippen LogP contribution in [0, 0.1) is 5.92 Å². The third-order valence-corrected chi connectivity index (χ3v) is 3.21. The molecule has 1 aromatic rings. The molecule has 1 rings (SSSR count). The monoisotopic (exact) mass is 277 g/mol. The van der Waals surface area contributed by atoms with Crippen LogP contribution < -0.4 is 16.0 Å². The van der Waals surface area contributed by atoms with E-state index in [4.69, 9.17) is 0 Å². The van der Waals surface area contributed by atoms with Crippen molar-refractivity contribution in [1.82, 2.24) is 10.6 Å². The van der Waals surface area contributed by atoms with Gasteiger partial charge in [-0.1, -0.05) is 26.0 Å². The van der Waals surface area contributed by atoms with Crippen LogP contribution in [-0.4, -0.2) is 25.0 Å². The lowest BCUT2D eigenvalue weighted by Crippen LogP contribution is -2.38. The van der Waals surface area contributed by atoms with E-state index in [2.05, 4.69) is 29.8 Å². The van der Waals surface area contributed by atoms with Crippen LogP contribution in [0.3, 0.4) is 0 Å². The highest BCUT2D eigenvalue weighted by atomic mass is 16.2. The van der Waals surface area contributed by atoms with Gasteiger partial charge in [-0.3, -0.25) is 4.79 Å². The molecule has 0 heterocycles. The SMILES string of the molecule is CNC(=O)Cc1ccc(NC(=O)N[C@H](C)C(C)C)cc1. The molecule has 0 spiro atoms. The summed E-state index contributed by atoms with van der Waals surface area (Å²) in [4.78, 5) is 23.0. The Morgan fingerprint density at radius 1 is 1.10 bits per heavy atom. The molecule has 3 N–H and O–H groups in total. The molecule has 0 saturated heterocycles. The number of hydrogen-bond donors (Lipinski definition) is 3. The first-order valence-electron chi connectivity index (χ1n) is 6.79. The summed E-state index contributed by atoms with van der Waals surface area (Å²) in [5, 5.41) is 8.21. The van der Waals surface area contributed by atoms with E-state index in [0.29, 0.717) is 18.0 Å². The topological polar surface area (TPSA) is 70.2 Å². The van der Waals surface area contributed by atoms with E-state index in [0.717, 1.165) is 5.56 Å². The minimum Gasteiger partial charge on any atom is -0.359 e. The molecule has 1 aromatic carbocycles. The summed E-state index contributed by atoms with van der Waals surface area (Å²) < 4.78 is 0. The molecular weight excluding hydrogens is 254 g/mol. The molecule has 0 radical (unpaired) electrons. The number of likely N-dealkylation sites (N-methyl/N-ethyl adjacent to an activating group) is 1. The number of urea groups is 1. The molecule has 0 aliphatic carbocycles. The van der Waals surface area contributed by atoms with Crippen LogP contribution in [0.15, 0.2) is 24.3 Å². The molecule has 0 saturated carbocycles. The summed E-state index contributed by atoms with van der Waals surface area (Å²) in [5.41, 5.74) is 1.62. The Balaban J connectivity index is 2.53. The van der Waals surface area contributed by atoms with Gasteiger partial charge in [-0.2, -0.15) is 0 Å². The summed E-state index contributed by atoms with van der Waals surface area (Å²) in [5.74, 6) is 0.352. The number of carbonyl (C=O) groups excluding carboxylic acids is 2. The fourth-order valence-electron chi connectivity index (χ4n) is 1.52. The van der Waals surface area contributed by atoms with E-state index in [1.54, 1.807) is 19.2 Å². The normalized spacial score (nSPS) is 11.8. The van der Waals surface area contributed by atoms with Gasteiger partial charge < -0.3 is 16.0 Å². The van der Waals surface area contributed by atoms with Gasteiger partial charge in [-0.05, 0) is 30.5 Å². The van der Waals surface area contributed by atoms with Crippen molar-refractivity contribution in [3.63, 3.8) is 0 Å². The Morgan fingerprint density at radius 3 is 2.20 bits per heavy atom. The Hall–Kier alpha value is -2.04. The number of nitrogens with one attached hydrogen (secondary N) is 3. The highest BCUT2D eigenvalue weighted by molar-refractivity contribution is 5.89. The van der Waals surface area contributed by atoms with Gasteiger partial charge in [0, 0.05) is 18.8 Å². The average Bonchev–Trinajstić information content (AvgIpc) is 2.40. The zero-order chi connectivity index (χ0) is 15.1. The van der Waals surface area contributed by atoms with E-state index in [-0.39, 0.29) is 18.0 Å². The first-order chi connectivity index (χ1) is 9.42. The highest BCUT2D eigenvalue weighted by Crippen LogP contribution is 2.10. The molecule has 3 amide bonds. The number of anilines is 1. The van der Waals surface area contributed by atoms with E-state index >= 15 is 0 Å². The number of carbonyl (C=O) groups is 2. The van der Waals surface area contributed by atoms with Gasteiger partial charge in [-0.15, -0.1) is 0 Å². The van der Waals surface area contributed by atoms with E-state index in [9.17, 15) is 9.59 Å². The number of hydrogen-bond acceptors (Lipinski definition) is 2. The van der Waals surface area contributed by atoms with Gasteiger partial charge in [0.15, 0.2) is 0 Å². The lowest BCUT2D eigenvalue weighted by atomic mass is 10.1. The van der Waals surface area contributed by atoms with Gasteiger partial charge in [0.05, 0.1) is 6.42 Å². The number of amides is 3. The molecule has 0 aliphatic heterocycles. The van der Waals surface area contributed by atoms with Crippen LogP contribution >= 0.6 is 0 Å². The predicted octanol–water partition coefficient (Wildman–Crippen LogP) is 2.14. The van der Waals surface area contributed by atoms with Crippen LogP contribution in [0.1, 0.15) is 26.3 Å². The first-order valence-corrected chi connectivity index (χ1v) is 6.79. The van der Waals surface area contributed by atoms with Gasteiger partial charge in [0.25, 0.3) is 0 Å². The second-order valence-electron chi connectivity index (χ2n) is 5.18. The smallest absolute Gasteiger partial charge is 0.319 e. The summed E-state index contributed by atoms with van der Waals surface area (Å²) in [6.45, 7) is 6.08. The standard InChI is InChI=1S/C15H23N3O2/c1-10(2)11(3)17-15(20)18-13-7-5-12(6-8-13)9-14(19)16-4/h5-8,10-11H,9H2,1-4H3,(H,16,19)(H2,17,18,20)/t11-/m1/s1. The third-order valence-electron chi connectivity index (χ3n) is 3.21. The summed E-state index contributed by atoms with van der Waals surface area (Å²) in [6.07, 6.45) is 0.341. The molecule has 0 aromatic heterocycles. The highest BCUT2D eigenvalue weighted by Gasteiger charge is 2.10. The molecule has 0 aliphatic rings. The van der Waals surface area contributed by atoms with Crippen molar-refractivity contribution in [2.45, 2.75) is 33.2 Å². The van der Waals surface area contributed by atoms with Crippen molar-refractivity contribution in [3.8, 4) is 0 Å². The summed E-state index contributed by atoms with van der Waals surface area (Å²) in [6, 6.07) is 7.14. The van der Waals surface area contributed by atoms with E-state index in [1.165, 1.54) is 0 Å². The summed E-state index contributed by atoms with van der Waals surface area (Å²) in [7, 11) is 1.61. The van der Waals surface area contributed by atoms with Gasteiger partial charge >= 0.3 is 6.03 Å². The van der Waals surface area contributed by atoms with E-state index in [1.807, 2.05) is 19.1 Å². The fraction of sp³-hybridized carbons (Fsp3) is 0.467. The van der Waals surface area contributed by atoms with Crippen molar-refractivity contribution in [3.05, 3.63) is 29.8 Å². The molecular formula is C15H23N3O2. The van der Waals surface area contributed by atoms with Crippen molar-refractivity contribution < 1.29 is 9.59 Å². The van der Waals surface area contributed by atoms with Gasteiger partial charge in [0.2, 0.25) is 5.91 Å². The minimum absolute atomic E-state index is 0.0331. The van der Waals surface area contributed by atoms with Crippen molar-refractivity contribution in [2.24, 2.45) is 5.92 Å². The maximum absolute atomic E-state index is 11.8. The zero-order valence-electron chi connectivity index (χ0n) is 12.5. The second-order valence-corrected chi connectivity index (χ2v) is 5.18. The van der Waals surface area contributed by atoms with Crippen LogP contribution in [0.5, 0.6) is 0 Å². The molecule has 20 heavy (non-hydrogen) atoms. The Morgan fingerprint density at radius 2 is 1.70 bits per heavy atom. The molecule has 1 atom stereocenters. The van der Waals surface area contributed by atoms with Gasteiger partial charge in [0.1, 0.15) is 0 Å². The fourth-order valence-corrected chi connectivity index (χ4v) is 1.52. The van der Waals surface area contributed by atoms with E-state index < -0.39 is 0 Å². The molecule has 110 valence electrons. The maximum atomic E-state index is 11.8. The third kappa shape index (κ3) is 5.30. The first kappa shape index (κ1) is 16.0. The minimum atomic E-state index is -0.217.